The Morgan fingerprint density at radius 2 is 1.79 bits per heavy atom. The van der Waals surface area contributed by atoms with E-state index in [1.54, 1.807) is 11.8 Å². The summed E-state index contributed by atoms with van der Waals surface area (Å²) in [5.41, 5.74) is 4.80. The first-order valence-corrected chi connectivity index (χ1v) is 9.76. The van der Waals surface area contributed by atoms with Crippen LogP contribution in [-0.2, 0) is 5.75 Å². The Morgan fingerprint density at radius 1 is 1.00 bits per heavy atom. The van der Waals surface area contributed by atoms with Crippen molar-refractivity contribution in [3.05, 3.63) is 83.7 Å². The number of hydrogen-bond donors (Lipinski definition) is 0. The van der Waals surface area contributed by atoms with Gasteiger partial charge in [-0.05, 0) is 41.0 Å². The third kappa shape index (κ3) is 3.49. The molecule has 136 valence electrons. The molecule has 0 saturated carbocycles. The van der Waals surface area contributed by atoms with E-state index in [1.165, 1.54) is 18.2 Å². The second-order valence-corrected chi connectivity index (χ2v) is 7.65. The zero-order chi connectivity index (χ0) is 19.3. The molecule has 3 aromatic carbocycles. The van der Waals surface area contributed by atoms with E-state index in [1.807, 2.05) is 30.3 Å². The van der Waals surface area contributed by atoms with Crippen LogP contribution in [0.15, 0.2) is 71.6 Å². The van der Waals surface area contributed by atoms with E-state index < -0.39 is 11.8 Å². The number of aromatic nitrogens is 1. The van der Waals surface area contributed by atoms with Crippen molar-refractivity contribution in [1.29, 1.82) is 0 Å². The van der Waals surface area contributed by atoms with Gasteiger partial charge in [-0.15, -0.1) is 11.8 Å². The second-order valence-electron chi connectivity index (χ2n) is 6.63. The van der Waals surface area contributed by atoms with Gasteiger partial charge in [-0.3, -0.25) is 0 Å². The fourth-order valence-corrected chi connectivity index (χ4v) is 4.78. The Balaban J connectivity index is 0.00000205. The van der Waals surface area contributed by atoms with Crippen LogP contribution in [0.5, 0.6) is 0 Å². The quantitative estimate of drug-likeness (QED) is 0.473. The molecule has 3 nitrogen and oxygen atoms in total. The maximum absolute atomic E-state index is 13.7. The summed E-state index contributed by atoms with van der Waals surface area (Å²) >= 11 is 1.56. The predicted molar refractivity (Wildman–Crippen MR) is 106 cm³/mol. The van der Waals surface area contributed by atoms with E-state index in [0.717, 1.165) is 21.6 Å². The molecule has 0 unspecified atom stereocenters. The van der Waals surface area contributed by atoms with E-state index in [0.29, 0.717) is 22.5 Å². The van der Waals surface area contributed by atoms with Crippen molar-refractivity contribution in [3.8, 4) is 22.4 Å². The fourth-order valence-electron chi connectivity index (χ4n) is 3.67. The summed E-state index contributed by atoms with van der Waals surface area (Å²) in [6.45, 7) is 0. The summed E-state index contributed by atoms with van der Waals surface area (Å²) in [5.74, 6) is -1.35. The number of carboxylic acid groups (broad SMARTS) is 1. The van der Waals surface area contributed by atoms with Gasteiger partial charge in [0, 0.05) is 27.2 Å². The molecule has 1 aliphatic heterocycles. The molecule has 6 heteroatoms. The van der Waals surface area contributed by atoms with Gasteiger partial charge in [0.05, 0.1) is 17.2 Å². The molecule has 0 amide bonds. The molecule has 0 bridgehead atoms. The van der Waals surface area contributed by atoms with Crippen LogP contribution in [-0.4, -0.2) is 11.0 Å². The molecule has 1 aliphatic rings. The van der Waals surface area contributed by atoms with E-state index >= 15 is 0 Å². The molecular weight excluding hydrogens is 396 g/mol. The number of fused-ring (bicyclic) bond motifs is 4. The van der Waals surface area contributed by atoms with Crippen LogP contribution in [0.25, 0.3) is 33.3 Å². The van der Waals surface area contributed by atoms with E-state index in [2.05, 4.69) is 23.2 Å². The first kappa shape index (κ1) is 20.1. The predicted octanol–water partition coefficient (Wildman–Crippen LogP) is 1.68. The van der Waals surface area contributed by atoms with Gasteiger partial charge in [0.1, 0.15) is 5.82 Å². The van der Waals surface area contributed by atoms with Gasteiger partial charge in [-0.1, -0.05) is 42.5 Å². The van der Waals surface area contributed by atoms with E-state index in [-0.39, 0.29) is 40.5 Å². The van der Waals surface area contributed by atoms with Crippen LogP contribution in [0.4, 0.5) is 4.39 Å². The Kier molecular flexibility index (Phi) is 5.49. The Bertz CT molecular complexity index is 1260. The molecule has 2 heterocycles. The van der Waals surface area contributed by atoms with Crippen LogP contribution in [0.2, 0.25) is 0 Å². The van der Waals surface area contributed by atoms with Crippen molar-refractivity contribution in [2.45, 2.75) is 10.6 Å². The Hall–Kier alpha value is -2.18. The van der Waals surface area contributed by atoms with Gasteiger partial charge < -0.3 is 9.90 Å². The maximum atomic E-state index is 13.7. The van der Waals surface area contributed by atoms with Crippen molar-refractivity contribution >= 4 is 28.6 Å². The largest absolute Gasteiger partial charge is 1.00 e. The number of hydrogen-bond acceptors (Lipinski definition) is 4. The summed E-state index contributed by atoms with van der Waals surface area (Å²) in [6, 6.07) is 20.2. The summed E-state index contributed by atoms with van der Waals surface area (Å²) in [7, 11) is 0. The topological polar surface area (TPSA) is 53.0 Å². The number of halogens is 1. The number of carboxylic acids is 1. The zero-order valence-corrected chi connectivity index (χ0v) is 18.4. The number of carbonyl (C=O) groups is 1. The first-order chi connectivity index (χ1) is 13.6. The molecule has 0 radical (unpaired) electrons. The average molecular weight is 409 g/mol. The number of aromatic carboxylic acids is 1. The van der Waals surface area contributed by atoms with Crippen LogP contribution in [0, 0.1) is 5.82 Å². The summed E-state index contributed by atoms with van der Waals surface area (Å²) in [4.78, 5) is 17.6. The standard InChI is InChI=1S/C23H14FNO2S.Na/c24-15-7-9-19-17(11-15)21(23(26)27)18-12-28-20-10-14(13-4-2-1-3-5-13)6-8-16(20)22(18)25-19;/h1-11H,12H2,(H,26,27);/q;+1/p-1. The molecule has 0 fully saturated rings. The zero-order valence-electron chi connectivity index (χ0n) is 15.6. The summed E-state index contributed by atoms with van der Waals surface area (Å²) in [6.07, 6.45) is 0. The number of nitrogens with zero attached hydrogens (tertiary/aromatic N) is 1. The van der Waals surface area contributed by atoms with Crippen LogP contribution < -0.4 is 34.7 Å². The molecule has 0 spiro atoms. The van der Waals surface area contributed by atoms with E-state index in [4.69, 9.17) is 0 Å². The van der Waals surface area contributed by atoms with Gasteiger partial charge in [0.25, 0.3) is 0 Å². The Labute approximate surface area is 193 Å². The number of benzene rings is 3. The van der Waals surface area contributed by atoms with Crippen molar-refractivity contribution in [2.75, 3.05) is 0 Å². The minimum Gasteiger partial charge on any atom is -0.545 e. The van der Waals surface area contributed by atoms with Crippen LogP contribution in [0.1, 0.15) is 15.9 Å². The van der Waals surface area contributed by atoms with Crippen LogP contribution >= 0.6 is 11.8 Å². The maximum Gasteiger partial charge on any atom is 1.00 e. The number of pyridine rings is 1. The molecular formula is C23H13FNNaO2S. The molecule has 4 aromatic rings. The fraction of sp³-hybridized carbons (Fsp3) is 0.0435. The molecule has 0 N–H and O–H groups in total. The van der Waals surface area contributed by atoms with Gasteiger partial charge >= 0.3 is 29.6 Å². The van der Waals surface area contributed by atoms with Gasteiger partial charge in [0.2, 0.25) is 0 Å². The molecule has 5 rings (SSSR count). The van der Waals surface area contributed by atoms with Crippen molar-refractivity contribution in [1.82, 2.24) is 4.98 Å². The Morgan fingerprint density at radius 3 is 2.55 bits per heavy atom. The SMILES string of the molecule is O=C([O-])c1c2c(nc3ccc(F)cc13)-c1ccc(-c3ccccc3)cc1SC2.[Na+]. The van der Waals surface area contributed by atoms with Crippen molar-refractivity contribution < 1.29 is 43.8 Å². The van der Waals surface area contributed by atoms with Crippen LogP contribution in [0.3, 0.4) is 0 Å². The normalized spacial score (nSPS) is 12.0. The number of rotatable bonds is 2. The number of thioether (sulfide) groups is 1. The van der Waals surface area contributed by atoms with Gasteiger partial charge in [-0.2, -0.15) is 0 Å². The third-order valence-corrected chi connectivity index (χ3v) is 6.05. The molecule has 1 aromatic heterocycles. The third-order valence-electron chi connectivity index (χ3n) is 4.97. The van der Waals surface area contributed by atoms with Crippen molar-refractivity contribution in [2.24, 2.45) is 0 Å². The minimum atomic E-state index is -1.31. The monoisotopic (exact) mass is 409 g/mol. The second kappa shape index (κ2) is 7.92. The summed E-state index contributed by atoms with van der Waals surface area (Å²) in [5, 5.41) is 12.2. The minimum absolute atomic E-state index is 0. The first-order valence-electron chi connectivity index (χ1n) is 8.78. The molecule has 0 aliphatic carbocycles. The molecule has 29 heavy (non-hydrogen) atoms. The smallest absolute Gasteiger partial charge is 0.545 e. The van der Waals surface area contributed by atoms with Crippen molar-refractivity contribution in [3.63, 3.8) is 0 Å². The van der Waals surface area contributed by atoms with Gasteiger partial charge in [-0.25, -0.2) is 9.37 Å². The number of carbonyl (C=O) groups excluding carboxylic acids is 1. The van der Waals surface area contributed by atoms with Gasteiger partial charge in [0.15, 0.2) is 0 Å². The molecule has 0 atom stereocenters. The molecule has 0 saturated heterocycles. The average Bonchev–Trinajstić information content (AvgIpc) is 2.72. The van der Waals surface area contributed by atoms with E-state index in [9.17, 15) is 14.3 Å². The summed E-state index contributed by atoms with van der Waals surface area (Å²) < 4.78 is 13.7.